The number of hydrogen-bond donors (Lipinski definition) is 1. The number of anilines is 1. The van der Waals surface area contributed by atoms with Gasteiger partial charge in [0.25, 0.3) is 0 Å². The van der Waals surface area contributed by atoms with Crippen molar-refractivity contribution in [3.8, 4) is 17.2 Å². The summed E-state index contributed by atoms with van der Waals surface area (Å²) in [5.41, 5.74) is 0.917. The number of carbonyl (C=O) groups is 2. The first-order valence-corrected chi connectivity index (χ1v) is 15.4. The Morgan fingerprint density at radius 3 is 2.25 bits per heavy atom. The van der Waals surface area contributed by atoms with E-state index < -0.39 is 28.5 Å². The molecule has 3 rings (SSSR count). The van der Waals surface area contributed by atoms with Crippen LogP contribution in [0.1, 0.15) is 51.0 Å². The molecule has 2 aromatic rings. The SMILES string of the molecule is CCC(C(=O)NC1CCCCC1)N(Cc1cccc(OC)c1)C(=O)CN(c1cc(OC)ccc1OC)S(C)(=O)=O. The Hall–Kier alpha value is -3.47. The quantitative estimate of drug-likeness (QED) is 0.387. The molecule has 0 aliphatic heterocycles. The van der Waals surface area contributed by atoms with Crippen molar-refractivity contribution < 1.29 is 32.2 Å². The van der Waals surface area contributed by atoms with Gasteiger partial charge in [-0.05, 0) is 49.1 Å². The van der Waals surface area contributed by atoms with Gasteiger partial charge in [-0.3, -0.25) is 13.9 Å². The molecule has 1 saturated carbocycles. The van der Waals surface area contributed by atoms with Crippen LogP contribution in [0.15, 0.2) is 42.5 Å². The Labute approximate surface area is 237 Å². The van der Waals surface area contributed by atoms with Gasteiger partial charge in [-0.2, -0.15) is 0 Å². The highest BCUT2D eigenvalue weighted by Gasteiger charge is 2.33. The van der Waals surface area contributed by atoms with E-state index >= 15 is 0 Å². The zero-order valence-electron chi connectivity index (χ0n) is 24.0. The van der Waals surface area contributed by atoms with Gasteiger partial charge in [0.2, 0.25) is 21.8 Å². The summed E-state index contributed by atoms with van der Waals surface area (Å²) in [5, 5.41) is 3.14. The van der Waals surface area contributed by atoms with Gasteiger partial charge in [0.15, 0.2) is 0 Å². The normalized spacial score (nSPS) is 14.6. The standard InChI is InChI=1S/C29H41N3O7S/c1-6-25(29(34)30-22-12-8-7-9-13-22)31(19-21-11-10-14-23(17-21)37-2)28(33)20-32(40(5,35)36)26-18-24(38-3)15-16-27(26)39-4/h10-11,14-18,22,25H,6-9,12-13,19-20H2,1-5H3,(H,30,34). The van der Waals surface area contributed by atoms with Gasteiger partial charge in [-0.1, -0.05) is 38.3 Å². The number of ether oxygens (including phenoxy) is 3. The minimum atomic E-state index is -3.93. The molecule has 1 unspecified atom stereocenters. The first-order valence-electron chi connectivity index (χ1n) is 13.5. The summed E-state index contributed by atoms with van der Waals surface area (Å²) in [5.74, 6) is 0.520. The molecule has 0 spiro atoms. The van der Waals surface area contributed by atoms with Crippen LogP contribution in [0, 0.1) is 0 Å². The third-order valence-corrected chi connectivity index (χ3v) is 8.28. The van der Waals surface area contributed by atoms with Crippen molar-refractivity contribution in [3.63, 3.8) is 0 Å². The molecule has 220 valence electrons. The molecule has 0 saturated heterocycles. The highest BCUT2D eigenvalue weighted by Crippen LogP contribution is 2.34. The number of methoxy groups -OCH3 is 3. The van der Waals surface area contributed by atoms with Gasteiger partial charge in [0.05, 0.1) is 33.3 Å². The average molecular weight is 576 g/mol. The maximum absolute atomic E-state index is 14.0. The summed E-state index contributed by atoms with van der Waals surface area (Å²) in [6, 6.07) is 11.2. The van der Waals surface area contributed by atoms with Crippen LogP contribution in [0.5, 0.6) is 17.2 Å². The van der Waals surface area contributed by atoms with E-state index in [1.54, 1.807) is 31.4 Å². The molecule has 1 aliphatic carbocycles. The second kappa shape index (κ2) is 14.2. The summed E-state index contributed by atoms with van der Waals surface area (Å²) in [6.07, 6.45) is 6.46. The molecule has 11 heteroatoms. The summed E-state index contributed by atoms with van der Waals surface area (Å²) in [4.78, 5) is 29.0. The first-order chi connectivity index (χ1) is 19.1. The predicted octanol–water partition coefficient (Wildman–Crippen LogP) is 3.73. The van der Waals surface area contributed by atoms with E-state index in [0.29, 0.717) is 17.9 Å². The fraction of sp³-hybridized carbons (Fsp3) is 0.517. The van der Waals surface area contributed by atoms with Crippen molar-refractivity contribution in [2.75, 3.05) is 38.4 Å². The van der Waals surface area contributed by atoms with Crippen molar-refractivity contribution in [1.82, 2.24) is 10.2 Å². The largest absolute Gasteiger partial charge is 0.497 e. The number of rotatable bonds is 13. The molecule has 0 heterocycles. The van der Waals surface area contributed by atoms with Crippen LogP contribution in [0.3, 0.4) is 0 Å². The number of nitrogens with zero attached hydrogens (tertiary/aromatic N) is 2. The minimum absolute atomic E-state index is 0.0673. The number of sulfonamides is 1. The lowest BCUT2D eigenvalue weighted by molar-refractivity contribution is -0.140. The molecule has 2 aromatic carbocycles. The first kappa shape index (κ1) is 31.1. The number of hydrogen-bond acceptors (Lipinski definition) is 7. The second-order valence-corrected chi connectivity index (χ2v) is 11.9. The van der Waals surface area contributed by atoms with E-state index in [1.165, 1.54) is 25.2 Å². The number of nitrogens with one attached hydrogen (secondary N) is 1. The summed E-state index contributed by atoms with van der Waals surface area (Å²) >= 11 is 0. The Morgan fingerprint density at radius 1 is 0.975 bits per heavy atom. The van der Waals surface area contributed by atoms with Gasteiger partial charge in [-0.15, -0.1) is 0 Å². The lowest BCUT2D eigenvalue weighted by Gasteiger charge is -2.34. The topological polar surface area (TPSA) is 114 Å². The van der Waals surface area contributed by atoms with Crippen molar-refractivity contribution >= 4 is 27.5 Å². The van der Waals surface area contributed by atoms with E-state index in [-0.39, 0.29) is 29.9 Å². The van der Waals surface area contributed by atoms with E-state index in [9.17, 15) is 18.0 Å². The van der Waals surface area contributed by atoms with Crippen LogP contribution >= 0.6 is 0 Å². The Morgan fingerprint density at radius 2 is 1.65 bits per heavy atom. The number of amides is 2. The lowest BCUT2D eigenvalue weighted by atomic mass is 9.95. The summed E-state index contributed by atoms with van der Waals surface area (Å²) < 4.78 is 43.0. The zero-order chi connectivity index (χ0) is 29.3. The number of benzene rings is 2. The summed E-state index contributed by atoms with van der Waals surface area (Å²) in [6.45, 7) is 1.41. The fourth-order valence-corrected chi connectivity index (χ4v) is 5.86. The lowest BCUT2D eigenvalue weighted by Crippen LogP contribution is -2.54. The third kappa shape index (κ3) is 8.03. The zero-order valence-corrected chi connectivity index (χ0v) is 24.8. The Bertz CT molecular complexity index is 1260. The van der Waals surface area contributed by atoms with Crippen molar-refractivity contribution in [2.24, 2.45) is 0 Å². The van der Waals surface area contributed by atoms with Gasteiger partial charge >= 0.3 is 0 Å². The van der Waals surface area contributed by atoms with Gasteiger partial charge in [0, 0.05) is 18.7 Å². The molecule has 40 heavy (non-hydrogen) atoms. The average Bonchev–Trinajstić information content (AvgIpc) is 2.95. The molecule has 10 nitrogen and oxygen atoms in total. The molecule has 1 fully saturated rings. The predicted molar refractivity (Wildman–Crippen MR) is 154 cm³/mol. The van der Waals surface area contributed by atoms with Crippen molar-refractivity contribution in [3.05, 3.63) is 48.0 Å². The molecule has 0 aromatic heterocycles. The summed E-state index contributed by atoms with van der Waals surface area (Å²) in [7, 11) is 0.511. The van der Waals surface area contributed by atoms with E-state index in [4.69, 9.17) is 14.2 Å². The molecule has 1 atom stereocenters. The van der Waals surface area contributed by atoms with Crippen LogP contribution in [-0.2, 0) is 26.2 Å². The maximum atomic E-state index is 14.0. The molecular weight excluding hydrogens is 534 g/mol. The van der Waals surface area contributed by atoms with E-state index in [2.05, 4.69) is 5.32 Å². The molecular formula is C29H41N3O7S. The van der Waals surface area contributed by atoms with Crippen LogP contribution in [-0.4, -0.2) is 71.3 Å². The van der Waals surface area contributed by atoms with Gasteiger partial charge in [0.1, 0.15) is 29.8 Å². The van der Waals surface area contributed by atoms with Crippen LogP contribution in [0.4, 0.5) is 5.69 Å². The Balaban J connectivity index is 1.99. The smallest absolute Gasteiger partial charge is 0.244 e. The maximum Gasteiger partial charge on any atom is 0.244 e. The molecule has 1 N–H and O–H groups in total. The van der Waals surface area contributed by atoms with Gasteiger partial charge in [-0.25, -0.2) is 8.42 Å². The number of carbonyl (C=O) groups excluding carboxylic acids is 2. The Kier molecular flexibility index (Phi) is 11.1. The third-order valence-electron chi connectivity index (χ3n) is 7.16. The van der Waals surface area contributed by atoms with Crippen LogP contribution in [0.2, 0.25) is 0 Å². The van der Waals surface area contributed by atoms with E-state index in [1.807, 2.05) is 19.1 Å². The van der Waals surface area contributed by atoms with Crippen molar-refractivity contribution in [1.29, 1.82) is 0 Å². The highest BCUT2D eigenvalue weighted by molar-refractivity contribution is 7.92. The molecule has 0 bridgehead atoms. The molecule has 0 radical (unpaired) electrons. The highest BCUT2D eigenvalue weighted by atomic mass is 32.2. The van der Waals surface area contributed by atoms with Crippen LogP contribution in [0.25, 0.3) is 0 Å². The fourth-order valence-electron chi connectivity index (χ4n) is 5.02. The van der Waals surface area contributed by atoms with Crippen LogP contribution < -0.4 is 23.8 Å². The molecule has 2 amide bonds. The monoisotopic (exact) mass is 575 g/mol. The van der Waals surface area contributed by atoms with E-state index in [0.717, 1.165) is 48.2 Å². The van der Waals surface area contributed by atoms with Crippen molar-refractivity contribution in [2.45, 2.75) is 64.1 Å². The molecule has 1 aliphatic rings. The minimum Gasteiger partial charge on any atom is -0.497 e. The van der Waals surface area contributed by atoms with Gasteiger partial charge < -0.3 is 24.4 Å². The second-order valence-electron chi connectivity index (χ2n) is 9.95.